The third kappa shape index (κ3) is 2.73. The maximum Gasteiger partial charge on any atom is 0.0991 e. The first-order valence-corrected chi connectivity index (χ1v) is 6.73. The molecule has 1 aromatic heterocycles. The van der Waals surface area contributed by atoms with Crippen LogP contribution in [0.4, 0.5) is 0 Å². The molecule has 1 N–H and O–H groups in total. The lowest BCUT2D eigenvalue weighted by Crippen LogP contribution is -2.23. The molecule has 0 bridgehead atoms. The molecule has 0 fully saturated rings. The van der Waals surface area contributed by atoms with E-state index in [-0.39, 0.29) is 0 Å². The fraction of sp³-hybridized carbons (Fsp3) is 0.214. The van der Waals surface area contributed by atoms with Gasteiger partial charge in [-0.25, -0.2) is 0 Å². The van der Waals surface area contributed by atoms with Gasteiger partial charge in [-0.05, 0) is 36.1 Å². The molecule has 0 aliphatic rings. The van der Waals surface area contributed by atoms with E-state index in [0.717, 1.165) is 10.4 Å². The van der Waals surface area contributed by atoms with Gasteiger partial charge in [0, 0.05) is 11.3 Å². The van der Waals surface area contributed by atoms with Crippen molar-refractivity contribution >= 4 is 22.9 Å². The van der Waals surface area contributed by atoms with E-state index in [1.54, 1.807) is 31.2 Å². The summed E-state index contributed by atoms with van der Waals surface area (Å²) in [6.07, 6.45) is 0.468. The molecule has 4 heteroatoms. The molecule has 2 aromatic rings. The third-order valence-electron chi connectivity index (χ3n) is 2.83. The van der Waals surface area contributed by atoms with Crippen LogP contribution < -0.4 is 0 Å². The molecule has 1 aromatic carbocycles. The molecule has 2 rings (SSSR count). The van der Waals surface area contributed by atoms with E-state index >= 15 is 0 Å². The first kappa shape index (κ1) is 13.1. The Labute approximate surface area is 115 Å². The molecule has 0 aliphatic heterocycles. The number of hydrogen-bond acceptors (Lipinski definition) is 3. The number of benzene rings is 1. The standard InChI is InChI=1S/C14H12ClNOS/c1-14(17,8-13-12(15)6-7-18-13)11-4-2-10(9-16)3-5-11/h2-7,17H,8H2,1H3. The number of aliphatic hydroxyl groups is 1. The molecule has 0 amide bonds. The molecule has 0 radical (unpaired) electrons. The second-order valence-corrected chi connectivity index (χ2v) is 5.74. The number of rotatable bonds is 3. The zero-order valence-corrected chi connectivity index (χ0v) is 11.4. The van der Waals surface area contributed by atoms with Gasteiger partial charge in [0.1, 0.15) is 0 Å². The molecule has 1 heterocycles. The fourth-order valence-corrected chi connectivity index (χ4v) is 3.02. The number of halogens is 1. The topological polar surface area (TPSA) is 44.0 Å². The van der Waals surface area contributed by atoms with E-state index in [4.69, 9.17) is 16.9 Å². The summed E-state index contributed by atoms with van der Waals surface area (Å²) in [5.74, 6) is 0. The van der Waals surface area contributed by atoms with Gasteiger partial charge in [0.05, 0.1) is 22.3 Å². The van der Waals surface area contributed by atoms with Crippen LogP contribution in [-0.2, 0) is 12.0 Å². The number of nitriles is 1. The van der Waals surface area contributed by atoms with E-state index in [9.17, 15) is 5.11 Å². The van der Waals surface area contributed by atoms with Crippen LogP contribution in [0.2, 0.25) is 5.02 Å². The highest BCUT2D eigenvalue weighted by molar-refractivity contribution is 7.10. The van der Waals surface area contributed by atoms with Gasteiger partial charge in [0.15, 0.2) is 0 Å². The van der Waals surface area contributed by atoms with Crippen LogP contribution in [-0.4, -0.2) is 5.11 Å². The summed E-state index contributed by atoms with van der Waals surface area (Å²) in [7, 11) is 0. The number of hydrogen-bond donors (Lipinski definition) is 1. The Morgan fingerprint density at radius 2 is 2.00 bits per heavy atom. The summed E-state index contributed by atoms with van der Waals surface area (Å²) < 4.78 is 0. The Balaban J connectivity index is 2.25. The van der Waals surface area contributed by atoms with E-state index in [1.807, 2.05) is 11.4 Å². The molecule has 2 nitrogen and oxygen atoms in total. The van der Waals surface area contributed by atoms with Gasteiger partial charge >= 0.3 is 0 Å². The zero-order chi connectivity index (χ0) is 13.2. The van der Waals surface area contributed by atoms with Crippen LogP contribution in [0.15, 0.2) is 35.7 Å². The molecule has 18 heavy (non-hydrogen) atoms. The Bertz CT molecular complexity index is 581. The minimum atomic E-state index is -0.984. The molecule has 92 valence electrons. The summed E-state index contributed by atoms with van der Waals surface area (Å²) in [4.78, 5) is 0.964. The first-order valence-electron chi connectivity index (χ1n) is 5.48. The Hall–Kier alpha value is -1.34. The van der Waals surface area contributed by atoms with Gasteiger partial charge in [-0.2, -0.15) is 5.26 Å². The minimum Gasteiger partial charge on any atom is -0.385 e. The molecule has 0 aliphatic carbocycles. The highest BCUT2D eigenvalue weighted by Crippen LogP contribution is 2.31. The van der Waals surface area contributed by atoms with Crippen LogP contribution in [0.25, 0.3) is 0 Å². The Kier molecular flexibility index (Phi) is 3.72. The van der Waals surface area contributed by atoms with Crippen molar-refractivity contribution in [3.05, 3.63) is 56.7 Å². The van der Waals surface area contributed by atoms with Crippen LogP contribution in [0.5, 0.6) is 0 Å². The van der Waals surface area contributed by atoms with E-state index in [1.165, 1.54) is 11.3 Å². The van der Waals surface area contributed by atoms with Crippen molar-refractivity contribution in [1.82, 2.24) is 0 Å². The van der Waals surface area contributed by atoms with Gasteiger partial charge in [-0.1, -0.05) is 23.7 Å². The molecular formula is C14H12ClNOS. The van der Waals surface area contributed by atoms with E-state index in [2.05, 4.69) is 6.07 Å². The smallest absolute Gasteiger partial charge is 0.0991 e. The van der Waals surface area contributed by atoms with Crippen molar-refractivity contribution in [2.75, 3.05) is 0 Å². The van der Waals surface area contributed by atoms with Crippen molar-refractivity contribution in [1.29, 1.82) is 5.26 Å². The predicted molar refractivity (Wildman–Crippen MR) is 73.8 cm³/mol. The maximum absolute atomic E-state index is 10.5. The maximum atomic E-state index is 10.5. The summed E-state index contributed by atoms with van der Waals surface area (Å²) in [6.45, 7) is 1.75. The van der Waals surface area contributed by atoms with Gasteiger partial charge in [0.2, 0.25) is 0 Å². The highest BCUT2D eigenvalue weighted by Gasteiger charge is 2.25. The number of thiophene rings is 1. The van der Waals surface area contributed by atoms with Crippen molar-refractivity contribution < 1.29 is 5.11 Å². The Morgan fingerprint density at radius 1 is 1.33 bits per heavy atom. The lowest BCUT2D eigenvalue weighted by Gasteiger charge is -2.23. The van der Waals surface area contributed by atoms with E-state index in [0.29, 0.717) is 17.0 Å². The van der Waals surface area contributed by atoms with Gasteiger partial charge in [-0.15, -0.1) is 11.3 Å². The number of nitrogens with zero attached hydrogens (tertiary/aromatic N) is 1. The molecule has 1 atom stereocenters. The lowest BCUT2D eigenvalue weighted by molar-refractivity contribution is 0.0585. The lowest BCUT2D eigenvalue weighted by atomic mass is 9.91. The fourth-order valence-electron chi connectivity index (χ4n) is 1.77. The summed E-state index contributed by atoms with van der Waals surface area (Å²) in [6, 6.07) is 10.9. The third-order valence-corrected chi connectivity index (χ3v) is 4.22. The van der Waals surface area contributed by atoms with Crippen molar-refractivity contribution in [3.8, 4) is 6.07 Å². The summed E-state index contributed by atoms with van der Waals surface area (Å²) in [5, 5.41) is 21.9. The average Bonchev–Trinajstić information content (AvgIpc) is 2.74. The van der Waals surface area contributed by atoms with Crippen molar-refractivity contribution in [3.63, 3.8) is 0 Å². The molecule has 1 unspecified atom stereocenters. The summed E-state index contributed by atoms with van der Waals surface area (Å²) in [5.41, 5.74) is 0.386. The van der Waals surface area contributed by atoms with Crippen LogP contribution >= 0.6 is 22.9 Å². The Morgan fingerprint density at radius 3 is 2.50 bits per heavy atom. The van der Waals surface area contributed by atoms with Gasteiger partial charge < -0.3 is 5.11 Å². The van der Waals surface area contributed by atoms with Crippen molar-refractivity contribution in [2.45, 2.75) is 18.9 Å². The average molecular weight is 278 g/mol. The van der Waals surface area contributed by atoms with Crippen LogP contribution in [0.1, 0.15) is 22.9 Å². The monoisotopic (exact) mass is 277 g/mol. The quantitative estimate of drug-likeness (QED) is 0.929. The highest BCUT2D eigenvalue weighted by atomic mass is 35.5. The molecule has 0 saturated carbocycles. The predicted octanol–water partition coefficient (Wildman–Crippen LogP) is 3.72. The first-order chi connectivity index (χ1) is 8.53. The normalized spacial score (nSPS) is 13.9. The van der Waals surface area contributed by atoms with Crippen molar-refractivity contribution in [2.24, 2.45) is 0 Å². The molecular weight excluding hydrogens is 266 g/mol. The van der Waals surface area contributed by atoms with E-state index < -0.39 is 5.60 Å². The van der Waals surface area contributed by atoms with Gasteiger partial charge in [-0.3, -0.25) is 0 Å². The van der Waals surface area contributed by atoms with Crippen LogP contribution in [0.3, 0.4) is 0 Å². The zero-order valence-electron chi connectivity index (χ0n) is 9.85. The van der Waals surface area contributed by atoms with Crippen LogP contribution in [0, 0.1) is 11.3 Å². The largest absolute Gasteiger partial charge is 0.385 e. The second-order valence-electron chi connectivity index (χ2n) is 4.33. The minimum absolute atomic E-state index is 0.468. The molecule has 0 spiro atoms. The second kappa shape index (κ2) is 5.11. The van der Waals surface area contributed by atoms with Gasteiger partial charge in [0.25, 0.3) is 0 Å². The SMILES string of the molecule is CC(O)(Cc1sccc1Cl)c1ccc(C#N)cc1. The molecule has 0 saturated heterocycles. The summed E-state index contributed by atoms with van der Waals surface area (Å²) >= 11 is 7.57.